The molecule has 0 aliphatic carbocycles. The van der Waals surface area contributed by atoms with Crippen molar-refractivity contribution in [1.29, 1.82) is 0 Å². The third-order valence-electron chi connectivity index (χ3n) is 3.84. The summed E-state index contributed by atoms with van der Waals surface area (Å²) in [5.41, 5.74) is 1.68. The highest BCUT2D eigenvalue weighted by molar-refractivity contribution is 7.15. The third kappa shape index (κ3) is 2.69. The van der Waals surface area contributed by atoms with Crippen LogP contribution >= 0.6 is 11.3 Å². The van der Waals surface area contributed by atoms with Gasteiger partial charge in [0.25, 0.3) is 11.7 Å². The molecule has 1 unspecified atom stereocenters. The summed E-state index contributed by atoms with van der Waals surface area (Å²) in [6.45, 7) is 5.37. The van der Waals surface area contributed by atoms with Crippen molar-refractivity contribution in [2.75, 3.05) is 10.2 Å². The van der Waals surface area contributed by atoms with E-state index in [2.05, 4.69) is 15.5 Å². The molecule has 1 atom stereocenters. The van der Waals surface area contributed by atoms with E-state index in [0.717, 1.165) is 17.0 Å². The number of nitrogens with zero attached hydrogens (tertiary/aromatic N) is 3. The zero-order valence-corrected chi connectivity index (χ0v) is 14.3. The van der Waals surface area contributed by atoms with Crippen molar-refractivity contribution >= 4 is 39.8 Å². The van der Waals surface area contributed by atoms with Crippen LogP contribution in [0.5, 0.6) is 0 Å². The second-order valence-electron chi connectivity index (χ2n) is 5.54. The summed E-state index contributed by atoms with van der Waals surface area (Å²) < 4.78 is 0. The van der Waals surface area contributed by atoms with E-state index >= 15 is 0 Å². The van der Waals surface area contributed by atoms with E-state index in [9.17, 15) is 14.4 Å². The first kappa shape index (κ1) is 16.3. The molecule has 7 nitrogen and oxygen atoms in total. The Morgan fingerprint density at radius 2 is 2.08 bits per heavy atom. The van der Waals surface area contributed by atoms with Gasteiger partial charge in [0.1, 0.15) is 11.0 Å². The fourth-order valence-corrected chi connectivity index (χ4v) is 3.22. The third-order valence-corrected chi connectivity index (χ3v) is 4.82. The van der Waals surface area contributed by atoms with E-state index in [1.807, 2.05) is 13.8 Å². The lowest BCUT2D eigenvalue weighted by Crippen LogP contribution is -2.45. The minimum absolute atomic E-state index is 0.337. The fraction of sp³-hybridized carbons (Fsp3) is 0.312. The van der Waals surface area contributed by atoms with Gasteiger partial charge in [-0.1, -0.05) is 29.9 Å². The van der Waals surface area contributed by atoms with Crippen LogP contribution < -0.4 is 10.2 Å². The Bertz CT molecular complexity index is 846. The van der Waals surface area contributed by atoms with E-state index in [1.54, 1.807) is 25.1 Å². The molecule has 0 saturated carbocycles. The van der Waals surface area contributed by atoms with Crippen LogP contribution in [0.25, 0.3) is 0 Å². The largest absolute Gasteiger partial charge is 0.300 e. The summed E-state index contributed by atoms with van der Waals surface area (Å²) in [6.07, 6.45) is 0.731. The molecule has 1 N–H and O–H groups in total. The number of hydrogen-bond donors (Lipinski definition) is 1. The number of rotatable bonds is 4. The van der Waals surface area contributed by atoms with E-state index in [4.69, 9.17) is 0 Å². The highest BCUT2D eigenvalue weighted by Crippen LogP contribution is 2.31. The number of Topliss-reactive ketones (excluding diaryl/α,β-unsaturated/α-hetero) is 1. The zero-order chi connectivity index (χ0) is 17.4. The Morgan fingerprint density at radius 3 is 2.75 bits per heavy atom. The molecule has 2 aromatic rings. The number of carbonyl (C=O) groups excluding carboxylic acids is 3. The van der Waals surface area contributed by atoms with Gasteiger partial charge in [-0.25, -0.2) is 0 Å². The number of ketones is 1. The topological polar surface area (TPSA) is 92.3 Å². The van der Waals surface area contributed by atoms with Crippen molar-refractivity contribution in [3.63, 3.8) is 0 Å². The lowest BCUT2D eigenvalue weighted by Gasteiger charge is -2.23. The smallest absolute Gasteiger partial charge is 0.299 e. The maximum Gasteiger partial charge on any atom is 0.300 e. The number of fused-ring (bicyclic) bond motifs is 1. The summed E-state index contributed by atoms with van der Waals surface area (Å²) in [5, 5.41) is 11.7. The van der Waals surface area contributed by atoms with Crippen molar-refractivity contribution in [3.8, 4) is 0 Å². The SMILES string of the molecule is CCc1nnc(NC(=O)C(C)N2C(=O)C(=O)c3cc(C)ccc32)s1. The molecular formula is C16H16N4O3S. The van der Waals surface area contributed by atoms with E-state index < -0.39 is 23.6 Å². The van der Waals surface area contributed by atoms with Crippen LogP contribution in [-0.2, 0) is 16.0 Å². The van der Waals surface area contributed by atoms with E-state index in [0.29, 0.717) is 16.4 Å². The van der Waals surface area contributed by atoms with Gasteiger partial charge >= 0.3 is 0 Å². The predicted molar refractivity (Wildman–Crippen MR) is 90.4 cm³/mol. The monoisotopic (exact) mass is 344 g/mol. The molecule has 24 heavy (non-hydrogen) atoms. The van der Waals surface area contributed by atoms with Crippen molar-refractivity contribution < 1.29 is 14.4 Å². The maximum absolute atomic E-state index is 12.4. The van der Waals surface area contributed by atoms with Gasteiger partial charge in [0.15, 0.2) is 0 Å². The maximum atomic E-state index is 12.4. The molecule has 0 radical (unpaired) electrons. The Kier molecular flexibility index (Phi) is 4.15. The lowest BCUT2D eigenvalue weighted by molar-refractivity contribution is -0.120. The van der Waals surface area contributed by atoms with E-state index in [1.165, 1.54) is 16.2 Å². The van der Waals surface area contributed by atoms with Gasteiger partial charge in [-0.3, -0.25) is 24.6 Å². The first-order chi connectivity index (χ1) is 11.4. The van der Waals surface area contributed by atoms with Gasteiger partial charge < -0.3 is 0 Å². The first-order valence-electron chi connectivity index (χ1n) is 7.54. The normalized spacial score (nSPS) is 14.7. The molecule has 2 heterocycles. The molecule has 0 saturated heterocycles. The summed E-state index contributed by atoms with van der Waals surface area (Å²) >= 11 is 1.29. The highest BCUT2D eigenvalue weighted by Gasteiger charge is 2.40. The van der Waals surface area contributed by atoms with Gasteiger partial charge in [-0.15, -0.1) is 10.2 Å². The van der Waals surface area contributed by atoms with Gasteiger partial charge in [0, 0.05) is 0 Å². The molecule has 0 fully saturated rings. The summed E-state index contributed by atoms with van der Waals surface area (Å²) in [6, 6.07) is 4.33. The number of aryl methyl sites for hydroxylation is 2. The molecule has 1 aliphatic heterocycles. The van der Waals surface area contributed by atoms with Crippen molar-refractivity contribution in [1.82, 2.24) is 10.2 Å². The van der Waals surface area contributed by atoms with E-state index in [-0.39, 0.29) is 0 Å². The number of carbonyl (C=O) groups is 3. The quantitative estimate of drug-likeness (QED) is 0.856. The number of nitrogens with one attached hydrogen (secondary N) is 1. The molecule has 8 heteroatoms. The average Bonchev–Trinajstić information content (AvgIpc) is 3.11. The Balaban J connectivity index is 1.84. The second-order valence-corrected chi connectivity index (χ2v) is 6.61. The predicted octanol–water partition coefficient (Wildman–Crippen LogP) is 1.97. The van der Waals surface area contributed by atoms with Crippen LogP contribution in [0.4, 0.5) is 10.8 Å². The zero-order valence-electron chi connectivity index (χ0n) is 13.5. The van der Waals surface area contributed by atoms with Gasteiger partial charge in [-0.2, -0.15) is 0 Å². The van der Waals surface area contributed by atoms with Crippen LogP contribution in [0.15, 0.2) is 18.2 Å². The first-order valence-corrected chi connectivity index (χ1v) is 8.35. The standard InChI is InChI=1S/C16H16N4O3S/c1-4-12-18-19-16(24-12)17-14(22)9(3)20-11-6-5-8(2)7-10(11)13(21)15(20)23/h5-7,9H,4H2,1-3H3,(H,17,19,22). The molecule has 1 aromatic heterocycles. The fourth-order valence-electron chi connectivity index (χ4n) is 2.53. The Morgan fingerprint density at radius 1 is 1.33 bits per heavy atom. The summed E-state index contributed by atoms with van der Waals surface area (Å²) in [5.74, 6) is -1.69. The minimum atomic E-state index is -0.834. The minimum Gasteiger partial charge on any atom is -0.299 e. The molecule has 2 amide bonds. The molecule has 3 rings (SSSR count). The number of hydrogen-bond acceptors (Lipinski definition) is 6. The molecule has 1 aliphatic rings. The van der Waals surface area contributed by atoms with Crippen LogP contribution in [-0.4, -0.2) is 33.8 Å². The van der Waals surface area contributed by atoms with Crippen LogP contribution in [0.1, 0.15) is 34.8 Å². The average molecular weight is 344 g/mol. The molecule has 124 valence electrons. The van der Waals surface area contributed by atoms with Crippen LogP contribution in [0, 0.1) is 6.92 Å². The number of benzene rings is 1. The summed E-state index contributed by atoms with van der Waals surface area (Å²) in [4.78, 5) is 38.1. The van der Waals surface area contributed by atoms with Crippen LogP contribution in [0.3, 0.4) is 0 Å². The van der Waals surface area contributed by atoms with Crippen molar-refractivity contribution in [3.05, 3.63) is 34.3 Å². The molecular weight excluding hydrogens is 328 g/mol. The second kappa shape index (κ2) is 6.12. The van der Waals surface area contributed by atoms with Gasteiger partial charge in [0.05, 0.1) is 11.3 Å². The molecule has 0 spiro atoms. The van der Waals surface area contributed by atoms with Crippen molar-refractivity contribution in [2.45, 2.75) is 33.2 Å². The highest BCUT2D eigenvalue weighted by atomic mass is 32.1. The number of amides is 2. The molecule has 1 aromatic carbocycles. The Labute approximate surface area is 142 Å². The summed E-state index contributed by atoms with van der Waals surface area (Å²) in [7, 11) is 0. The van der Waals surface area contributed by atoms with Gasteiger partial charge in [0.2, 0.25) is 11.0 Å². The van der Waals surface area contributed by atoms with Crippen molar-refractivity contribution in [2.24, 2.45) is 0 Å². The van der Waals surface area contributed by atoms with Crippen LogP contribution in [0.2, 0.25) is 0 Å². The lowest BCUT2D eigenvalue weighted by atomic mass is 10.1. The Hall–Kier alpha value is -2.61. The molecule has 0 bridgehead atoms. The van der Waals surface area contributed by atoms with Gasteiger partial charge in [-0.05, 0) is 32.4 Å². The number of aromatic nitrogens is 2. The number of anilines is 2.